The molecule has 0 amide bonds. The largest absolute Gasteiger partial charge is 0.393 e. The number of aliphatic hydroxyl groups excluding tert-OH is 1. The van der Waals surface area contributed by atoms with Crippen LogP contribution in [0.25, 0.3) is 0 Å². The molecule has 2 unspecified atom stereocenters. The van der Waals surface area contributed by atoms with Gasteiger partial charge in [0.25, 0.3) is 0 Å². The van der Waals surface area contributed by atoms with Crippen molar-refractivity contribution in [1.82, 2.24) is 0 Å². The lowest BCUT2D eigenvalue weighted by molar-refractivity contribution is 0.00235. The van der Waals surface area contributed by atoms with E-state index in [1.807, 2.05) is 6.92 Å². The van der Waals surface area contributed by atoms with E-state index in [2.05, 4.69) is 6.58 Å². The second-order valence-electron chi connectivity index (χ2n) is 4.38. The Morgan fingerprint density at radius 1 is 1.57 bits per heavy atom. The van der Waals surface area contributed by atoms with Gasteiger partial charge < -0.3 is 9.84 Å². The second kappa shape index (κ2) is 6.20. The van der Waals surface area contributed by atoms with Gasteiger partial charge in [-0.05, 0) is 45.4 Å². The van der Waals surface area contributed by atoms with E-state index in [0.717, 1.165) is 31.4 Å². The van der Waals surface area contributed by atoms with Gasteiger partial charge in [0, 0.05) is 6.61 Å². The predicted molar refractivity (Wildman–Crippen MR) is 58.3 cm³/mol. The highest BCUT2D eigenvalue weighted by molar-refractivity contribution is 4.90. The van der Waals surface area contributed by atoms with E-state index in [0.29, 0.717) is 6.10 Å². The van der Waals surface area contributed by atoms with Crippen molar-refractivity contribution in [1.29, 1.82) is 0 Å². The van der Waals surface area contributed by atoms with Gasteiger partial charge in [-0.15, -0.1) is 6.58 Å². The highest BCUT2D eigenvalue weighted by Gasteiger charge is 2.15. The Labute approximate surface area is 87.0 Å². The van der Waals surface area contributed by atoms with Gasteiger partial charge in [0.2, 0.25) is 0 Å². The summed E-state index contributed by atoms with van der Waals surface area (Å²) in [5.41, 5.74) is 1.06. The third-order valence-corrected chi connectivity index (χ3v) is 2.68. The molecule has 0 aliphatic carbocycles. The first-order valence-electron chi connectivity index (χ1n) is 5.62. The highest BCUT2D eigenvalue weighted by Crippen LogP contribution is 2.19. The average Bonchev–Trinajstić information content (AvgIpc) is 2.15. The molecule has 1 rings (SSSR count). The fraction of sp³-hybridized carbons (Fsp3) is 0.833. The minimum Gasteiger partial charge on any atom is -0.393 e. The van der Waals surface area contributed by atoms with Crippen molar-refractivity contribution in [3.05, 3.63) is 12.2 Å². The van der Waals surface area contributed by atoms with Crippen molar-refractivity contribution >= 4 is 0 Å². The number of aliphatic hydroxyl groups is 1. The van der Waals surface area contributed by atoms with Gasteiger partial charge in [-0.3, -0.25) is 0 Å². The van der Waals surface area contributed by atoms with Crippen LogP contribution in [0.5, 0.6) is 0 Å². The van der Waals surface area contributed by atoms with E-state index in [1.54, 1.807) is 0 Å². The molecular weight excluding hydrogens is 176 g/mol. The molecule has 2 atom stereocenters. The Bertz CT molecular complexity index is 171. The molecule has 14 heavy (non-hydrogen) atoms. The Kier molecular flexibility index (Phi) is 5.20. The Hall–Kier alpha value is -0.340. The monoisotopic (exact) mass is 198 g/mol. The molecule has 0 spiro atoms. The fourth-order valence-corrected chi connectivity index (χ4v) is 1.92. The highest BCUT2D eigenvalue weighted by atomic mass is 16.5. The molecule has 82 valence electrons. The fourth-order valence-electron chi connectivity index (χ4n) is 1.92. The van der Waals surface area contributed by atoms with Crippen molar-refractivity contribution in [3.63, 3.8) is 0 Å². The molecule has 0 aromatic heterocycles. The van der Waals surface area contributed by atoms with Crippen LogP contribution >= 0.6 is 0 Å². The van der Waals surface area contributed by atoms with E-state index < -0.39 is 0 Å². The minimum absolute atomic E-state index is 0.224. The molecule has 1 N–H and O–H groups in total. The molecule has 1 fully saturated rings. The SMILES string of the molecule is C=C(C)CC(O)CCC1CCCCO1. The third-order valence-electron chi connectivity index (χ3n) is 2.68. The summed E-state index contributed by atoms with van der Waals surface area (Å²) in [6.07, 6.45) is 6.38. The molecule has 0 saturated carbocycles. The molecule has 2 heteroatoms. The molecular formula is C12H22O2. The lowest BCUT2D eigenvalue weighted by Gasteiger charge is -2.23. The zero-order valence-electron chi connectivity index (χ0n) is 9.17. The number of ether oxygens (including phenoxy) is 1. The quantitative estimate of drug-likeness (QED) is 0.688. The van der Waals surface area contributed by atoms with Gasteiger partial charge in [-0.1, -0.05) is 5.57 Å². The molecule has 0 aromatic rings. The van der Waals surface area contributed by atoms with Crippen LogP contribution in [0.4, 0.5) is 0 Å². The van der Waals surface area contributed by atoms with Gasteiger partial charge in [0.05, 0.1) is 12.2 Å². The summed E-state index contributed by atoms with van der Waals surface area (Å²) in [5.74, 6) is 0. The van der Waals surface area contributed by atoms with Gasteiger partial charge >= 0.3 is 0 Å². The molecule has 2 nitrogen and oxygen atoms in total. The predicted octanol–water partition coefficient (Wildman–Crippen LogP) is 2.66. The summed E-state index contributed by atoms with van der Waals surface area (Å²) in [6.45, 7) is 6.66. The molecule has 1 aliphatic rings. The van der Waals surface area contributed by atoms with Crippen LogP contribution in [0.1, 0.15) is 45.4 Å². The van der Waals surface area contributed by atoms with E-state index in [1.165, 1.54) is 19.3 Å². The normalized spacial score (nSPS) is 24.6. The maximum Gasteiger partial charge on any atom is 0.0578 e. The molecule has 0 radical (unpaired) electrons. The van der Waals surface area contributed by atoms with Crippen LogP contribution < -0.4 is 0 Å². The molecule has 1 aliphatic heterocycles. The maximum atomic E-state index is 9.63. The first-order chi connectivity index (χ1) is 6.68. The lowest BCUT2D eigenvalue weighted by atomic mass is 10.0. The topological polar surface area (TPSA) is 29.5 Å². The Morgan fingerprint density at radius 2 is 2.36 bits per heavy atom. The summed E-state index contributed by atoms with van der Waals surface area (Å²) in [4.78, 5) is 0. The zero-order chi connectivity index (χ0) is 10.4. The zero-order valence-corrected chi connectivity index (χ0v) is 9.17. The van der Waals surface area contributed by atoms with E-state index >= 15 is 0 Å². The van der Waals surface area contributed by atoms with E-state index in [9.17, 15) is 5.11 Å². The Morgan fingerprint density at radius 3 is 2.93 bits per heavy atom. The Balaban J connectivity index is 2.09. The van der Waals surface area contributed by atoms with Gasteiger partial charge in [-0.25, -0.2) is 0 Å². The van der Waals surface area contributed by atoms with Crippen LogP contribution in [-0.2, 0) is 4.74 Å². The van der Waals surface area contributed by atoms with Gasteiger partial charge in [-0.2, -0.15) is 0 Å². The lowest BCUT2D eigenvalue weighted by Crippen LogP contribution is -2.21. The van der Waals surface area contributed by atoms with E-state index in [4.69, 9.17) is 4.74 Å². The van der Waals surface area contributed by atoms with Crippen LogP contribution in [0.15, 0.2) is 12.2 Å². The van der Waals surface area contributed by atoms with Gasteiger partial charge in [0.15, 0.2) is 0 Å². The first-order valence-corrected chi connectivity index (χ1v) is 5.62. The van der Waals surface area contributed by atoms with E-state index in [-0.39, 0.29) is 6.10 Å². The smallest absolute Gasteiger partial charge is 0.0578 e. The molecule has 1 saturated heterocycles. The van der Waals surface area contributed by atoms with Crippen molar-refractivity contribution in [2.45, 2.75) is 57.7 Å². The van der Waals surface area contributed by atoms with Crippen molar-refractivity contribution in [3.8, 4) is 0 Å². The van der Waals surface area contributed by atoms with Crippen LogP contribution in [0.3, 0.4) is 0 Å². The van der Waals surface area contributed by atoms with Crippen LogP contribution in [-0.4, -0.2) is 23.9 Å². The summed E-state index contributed by atoms with van der Waals surface area (Å²) < 4.78 is 5.60. The standard InChI is InChI=1S/C12H22O2/c1-10(2)9-11(13)6-7-12-5-3-4-8-14-12/h11-13H,1,3-9H2,2H3. The first kappa shape index (κ1) is 11.7. The molecule has 0 aromatic carbocycles. The summed E-state index contributed by atoms with van der Waals surface area (Å²) in [5, 5.41) is 9.63. The third kappa shape index (κ3) is 4.77. The molecule has 1 heterocycles. The number of hydrogen-bond donors (Lipinski definition) is 1. The summed E-state index contributed by atoms with van der Waals surface area (Å²) >= 11 is 0. The summed E-state index contributed by atoms with van der Waals surface area (Å²) in [7, 11) is 0. The second-order valence-corrected chi connectivity index (χ2v) is 4.38. The average molecular weight is 198 g/mol. The number of hydrogen-bond acceptors (Lipinski definition) is 2. The number of rotatable bonds is 5. The maximum absolute atomic E-state index is 9.63. The van der Waals surface area contributed by atoms with Crippen molar-refractivity contribution in [2.24, 2.45) is 0 Å². The van der Waals surface area contributed by atoms with Crippen LogP contribution in [0.2, 0.25) is 0 Å². The van der Waals surface area contributed by atoms with Crippen molar-refractivity contribution in [2.75, 3.05) is 6.61 Å². The van der Waals surface area contributed by atoms with Crippen molar-refractivity contribution < 1.29 is 9.84 Å². The van der Waals surface area contributed by atoms with Crippen LogP contribution in [0, 0.1) is 0 Å². The van der Waals surface area contributed by atoms with Gasteiger partial charge in [0.1, 0.15) is 0 Å². The summed E-state index contributed by atoms with van der Waals surface area (Å²) in [6, 6.07) is 0. The molecule has 0 bridgehead atoms. The minimum atomic E-state index is -0.224.